The molecule has 0 radical (unpaired) electrons. The molecule has 0 aliphatic rings. The average molecular weight is 165 g/mol. The van der Waals surface area contributed by atoms with Crippen LogP contribution in [0.15, 0.2) is 18.3 Å². The number of hydrogen-bond donors (Lipinski definition) is 4. The Labute approximate surface area is 67.7 Å². The summed E-state index contributed by atoms with van der Waals surface area (Å²) in [6, 6.07) is 2.85. The summed E-state index contributed by atoms with van der Waals surface area (Å²) in [7, 11) is 0. The van der Waals surface area contributed by atoms with Crippen LogP contribution in [0.3, 0.4) is 0 Å². The smallest absolute Gasteiger partial charge is 0.182 e. The van der Waals surface area contributed by atoms with Gasteiger partial charge in [-0.25, -0.2) is 0 Å². The van der Waals surface area contributed by atoms with Gasteiger partial charge in [0, 0.05) is 11.6 Å². The molecule has 2 aromatic rings. The summed E-state index contributed by atoms with van der Waals surface area (Å²) in [6.07, 6.45) is 1.35. The molecule has 0 aliphatic carbocycles. The SMILES string of the molecule is Oc1ccc2c(O)c[nH]c2c1O. The molecule has 0 saturated heterocycles. The maximum Gasteiger partial charge on any atom is 0.182 e. The lowest BCUT2D eigenvalue weighted by molar-refractivity contribution is 0.407. The highest BCUT2D eigenvalue weighted by Crippen LogP contribution is 2.36. The second kappa shape index (κ2) is 2.07. The molecule has 0 saturated carbocycles. The molecule has 1 aromatic heterocycles. The van der Waals surface area contributed by atoms with E-state index in [9.17, 15) is 10.2 Å². The summed E-state index contributed by atoms with van der Waals surface area (Å²) < 4.78 is 0. The Kier molecular flexibility index (Phi) is 1.18. The number of fused-ring (bicyclic) bond motifs is 1. The highest BCUT2D eigenvalue weighted by Gasteiger charge is 2.08. The number of aromatic nitrogens is 1. The molecule has 0 spiro atoms. The van der Waals surface area contributed by atoms with Gasteiger partial charge in [-0.3, -0.25) is 0 Å². The Morgan fingerprint density at radius 1 is 1.00 bits per heavy atom. The first-order valence-electron chi connectivity index (χ1n) is 3.41. The highest BCUT2D eigenvalue weighted by atomic mass is 16.3. The lowest BCUT2D eigenvalue weighted by Crippen LogP contribution is -1.71. The summed E-state index contributed by atoms with van der Waals surface area (Å²) >= 11 is 0. The summed E-state index contributed by atoms with van der Waals surface area (Å²) in [5.41, 5.74) is 0.340. The van der Waals surface area contributed by atoms with Crippen LogP contribution in [0.4, 0.5) is 0 Å². The predicted molar refractivity (Wildman–Crippen MR) is 43.3 cm³/mol. The summed E-state index contributed by atoms with van der Waals surface area (Å²) in [4.78, 5) is 2.64. The number of rotatable bonds is 0. The van der Waals surface area contributed by atoms with E-state index in [1.807, 2.05) is 0 Å². The van der Waals surface area contributed by atoms with E-state index in [1.165, 1.54) is 18.3 Å². The van der Waals surface area contributed by atoms with Crippen molar-refractivity contribution in [3.05, 3.63) is 18.3 Å². The minimum atomic E-state index is -0.243. The maximum absolute atomic E-state index is 9.28. The van der Waals surface area contributed by atoms with Gasteiger partial charge in [0.1, 0.15) is 5.75 Å². The molecule has 1 aromatic carbocycles. The van der Waals surface area contributed by atoms with E-state index in [1.54, 1.807) is 0 Å². The van der Waals surface area contributed by atoms with Crippen LogP contribution in [0.5, 0.6) is 17.2 Å². The maximum atomic E-state index is 9.28. The number of aromatic amines is 1. The van der Waals surface area contributed by atoms with Crippen LogP contribution in [0, 0.1) is 0 Å². The quantitative estimate of drug-likeness (QED) is 0.444. The second-order valence-corrected chi connectivity index (χ2v) is 2.53. The Balaban J connectivity index is 2.93. The van der Waals surface area contributed by atoms with Crippen molar-refractivity contribution >= 4 is 10.9 Å². The third-order valence-corrected chi connectivity index (χ3v) is 1.79. The molecule has 0 atom stereocenters. The van der Waals surface area contributed by atoms with Gasteiger partial charge in [-0.1, -0.05) is 0 Å². The Morgan fingerprint density at radius 3 is 2.50 bits per heavy atom. The third-order valence-electron chi connectivity index (χ3n) is 1.79. The van der Waals surface area contributed by atoms with Crippen molar-refractivity contribution in [3.63, 3.8) is 0 Å². The molecule has 4 heteroatoms. The van der Waals surface area contributed by atoms with Crippen molar-refractivity contribution in [2.75, 3.05) is 0 Å². The van der Waals surface area contributed by atoms with Crippen LogP contribution in [0.1, 0.15) is 0 Å². The van der Waals surface area contributed by atoms with Gasteiger partial charge in [0.05, 0.1) is 5.52 Å². The van der Waals surface area contributed by atoms with Crippen LogP contribution in [0.25, 0.3) is 10.9 Å². The molecule has 4 N–H and O–H groups in total. The zero-order valence-corrected chi connectivity index (χ0v) is 6.07. The first-order valence-corrected chi connectivity index (χ1v) is 3.41. The topological polar surface area (TPSA) is 76.5 Å². The highest BCUT2D eigenvalue weighted by molar-refractivity contribution is 5.92. The van der Waals surface area contributed by atoms with Crippen molar-refractivity contribution in [3.8, 4) is 17.2 Å². The lowest BCUT2D eigenvalue weighted by atomic mass is 10.2. The van der Waals surface area contributed by atoms with Gasteiger partial charge in [-0.05, 0) is 12.1 Å². The molecule has 0 fully saturated rings. The number of phenols is 2. The standard InChI is InChI=1S/C8H7NO3/c10-5-2-1-4-6(11)3-9-7(4)8(5)12/h1-3,9-12H. The molecule has 2 rings (SSSR count). The van der Waals surface area contributed by atoms with E-state index in [0.29, 0.717) is 10.9 Å². The van der Waals surface area contributed by atoms with E-state index in [0.717, 1.165) is 0 Å². The van der Waals surface area contributed by atoms with Gasteiger partial charge in [-0.2, -0.15) is 0 Å². The molecular weight excluding hydrogens is 158 g/mol. The first kappa shape index (κ1) is 6.84. The van der Waals surface area contributed by atoms with Crippen molar-refractivity contribution in [2.45, 2.75) is 0 Å². The monoisotopic (exact) mass is 165 g/mol. The normalized spacial score (nSPS) is 10.7. The molecule has 0 bridgehead atoms. The summed E-state index contributed by atoms with van der Waals surface area (Å²) in [5.74, 6) is -0.391. The van der Waals surface area contributed by atoms with E-state index in [4.69, 9.17) is 5.11 Å². The number of hydrogen-bond acceptors (Lipinski definition) is 3. The summed E-state index contributed by atoms with van der Waals surface area (Å²) in [5, 5.41) is 28.0. The fourth-order valence-corrected chi connectivity index (χ4v) is 1.16. The molecule has 62 valence electrons. The van der Waals surface area contributed by atoms with Gasteiger partial charge in [0.15, 0.2) is 11.5 Å². The molecule has 12 heavy (non-hydrogen) atoms. The van der Waals surface area contributed by atoms with Gasteiger partial charge >= 0.3 is 0 Å². The van der Waals surface area contributed by atoms with Gasteiger partial charge in [0.2, 0.25) is 0 Å². The minimum Gasteiger partial charge on any atom is -0.506 e. The molecule has 0 unspecified atom stereocenters. The Bertz CT molecular complexity index is 433. The molecule has 4 nitrogen and oxygen atoms in total. The average Bonchev–Trinajstić information content (AvgIpc) is 2.41. The van der Waals surface area contributed by atoms with Crippen molar-refractivity contribution in [1.82, 2.24) is 4.98 Å². The van der Waals surface area contributed by atoms with Crippen molar-refractivity contribution in [2.24, 2.45) is 0 Å². The van der Waals surface area contributed by atoms with Crippen molar-refractivity contribution < 1.29 is 15.3 Å². The van der Waals surface area contributed by atoms with Crippen molar-refractivity contribution in [1.29, 1.82) is 0 Å². The Morgan fingerprint density at radius 2 is 1.75 bits per heavy atom. The van der Waals surface area contributed by atoms with Gasteiger partial charge < -0.3 is 20.3 Å². The van der Waals surface area contributed by atoms with Crippen LogP contribution in [-0.4, -0.2) is 20.3 Å². The zero-order chi connectivity index (χ0) is 8.72. The van der Waals surface area contributed by atoms with Crippen LogP contribution >= 0.6 is 0 Å². The molecule has 1 heterocycles. The summed E-state index contributed by atoms with van der Waals surface area (Å²) in [6.45, 7) is 0. The second-order valence-electron chi connectivity index (χ2n) is 2.53. The lowest BCUT2D eigenvalue weighted by Gasteiger charge is -1.97. The predicted octanol–water partition coefficient (Wildman–Crippen LogP) is 1.28. The van der Waals surface area contributed by atoms with E-state index < -0.39 is 0 Å². The number of phenolic OH excluding ortho intramolecular Hbond substituents is 2. The number of nitrogens with one attached hydrogen (secondary N) is 1. The van der Waals surface area contributed by atoms with Crippen LogP contribution in [0.2, 0.25) is 0 Å². The number of H-pyrrole nitrogens is 1. The molecule has 0 aliphatic heterocycles. The number of benzene rings is 1. The number of aromatic hydroxyl groups is 3. The fraction of sp³-hybridized carbons (Fsp3) is 0. The van der Waals surface area contributed by atoms with Crippen LogP contribution in [-0.2, 0) is 0 Å². The molecular formula is C8H7NO3. The third kappa shape index (κ3) is 0.717. The van der Waals surface area contributed by atoms with E-state index in [2.05, 4.69) is 4.98 Å². The minimum absolute atomic E-state index is 0.0558. The van der Waals surface area contributed by atoms with Crippen LogP contribution < -0.4 is 0 Å². The Hall–Kier alpha value is -1.84. The molecule has 0 amide bonds. The zero-order valence-electron chi connectivity index (χ0n) is 6.07. The van der Waals surface area contributed by atoms with E-state index >= 15 is 0 Å². The van der Waals surface area contributed by atoms with E-state index in [-0.39, 0.29) is 17.2 Å². The van der Waals surface area contributed by atoms with Gasteiger partial charge in [-0.15, -0.1) is 0 Å². The van der Waals surface area contributed by atoms with Gasteiger partial charge in [0.25, 0.3) is 0 Å². The fourth-order valence-electron chi connectivity index (χ4n) is 1.16. The first-order chi connectivity index (χ1) is 5.70. The largest absolute Gasteiger partial charge is 0.506 e.